The summed E-state index contributed by atoms with van der Waals surface area (Å²) in [6.07, 6.45) is 0. The lowest BCUT2D eigenvalue weighted by Crippen LogP contribution is -3.00. The van der Waals surface area contributed by atoms with Crippen LogP contribution in [-0.2, 0) is 0 Å². The van der Waals surface area contributed by atoms with E-state index in [1.807, 2.05) is 44.4 Å². The molecule has 0 bridgehead atoms. The van der Waals surface area contributed by atoms with E-state index in [1.54, 1.807) is 0 Å². The van der Waals surface area contributed by atoms with Gasteiger partial charge in [0, 0.05) is 51.1 Å². The lowest BCUT2D eigenvalue weighted by molar-refractivity contribution is -0.537. The number of anilines is 2. The molecule has 0 unspecified atom stereocenters. The van der Waals surface area contributed by atoms with E-state index in [1.165, 1.54) is 0 Å². The average Bonchev–Trinajstić information content (AvgIpc) is 2.92. The molecule has 5 aromatic rings. The van der Waals surface area contributed by atoms with Gasteiger partial charge >= 0.3 is 0 Å². The monoisotopic (exact) mass is 510 g/mol. The van der Waals surface area contributed by atoms with Gasteiger partial charge < -0.3 is 22.2 Å². The Labute approximate surface area is 224 Å². The highest BCUT2D eigenvalue weighted by Crippen LogP contribution is 2.36. The molecule has 188 valence electrons. The van der Waals surface area contributed by atoms with Crippen LogP contribution in [0, 0.1) is 5.53 Å². The van der Waals surface area contributed by atoms with E-state index in [0.717, 1.165) is 63.3 Å². The van der Waals surface area contributed by atoms with Gasteiger partial charge in [-0.1, -0.05) is 36.4 Å². The topological polar surface area (TPSA) is 59.5 Å². The number of nitrogens with one attached hydrogen (secondary N) is 1. The molecular formula is C30H31ClN6. The maximum Gasteiger partial charge on any atom is 0.267 e. The highest BCUT2D eigenvalue weighted by Gasteiger charge is 2.26. The third-order valence-corrected chi connectivity index (χ3v) is 6.74. The fourth-order valence-corrected chi connectivity index (χ4v) is 4.82. The Balaban J connectivity index is 0.00000320. The van der Waals surface area contributed by atoms with Crippen molar-refractivity contribution >= 4 is 39.1 Å². The minimum Gasteiger partial charge on any atom is -1.00 e. The van der Waals surface area contributed by atoms with Crippen LogP contribution in [0.2, 0.25) is 0 Å². The number of fused-ring (bicyclic) bond motifs is 2. The summed E-state index contributed by atoms with van der Waals surface area (Å²) in [7, 11) is 4.10. The highest BCUT2D eigenvalue weighted by atomic mass is 35.5. The quantitative estimate of drug-likeness (QED) is 0.205. The van der Waals surface area contributed by atoms with Crippen molar-refractivity contribution in [2.24, 2.45) is 5.11 Å². The molecule has 37 heavy (non-hydrogen) atoms. The van der Waals surface area contributed by atoms with E-state index in [-0.39, 0.29) is 12.4 Å². The Morgan fingerprint density at radius 1 is 0.811 bits per heavy atom. The maximum atomic E-state index is 8.16. The SMILES string of the molecule is CCN(CC)c1ccc2nc3ccc(-c4ccc(N(C)C)cc4)cc3[n+](-c3ccccc3)c2c1N=N.[Cl-]. The van der Waals surface area contributed by atoms with Gasteiger partial charge in [-0.05, 0) is 55.3 Å². The van der Waals surface area contributed by atoms with Crippen molar-refractivity contribution in [1.29, 1.82) is 5.53 Å². The standard InChI is InChI=1S/C30H31N6.ClH/c1-5-35(6-2)27-19-18-26-30(29(27)33-31)36(24-10-8-7-9-11-24)28-20-22(14-17-25(28)32-26)21-12-15-23(16-13-21)34(3)4;/h7-20,31H,5-6H2,1-4H3;1H/q+1;/p-1. The molecule has 5 rings (SSSR count). The number of benzene rings is 4. The molecular weight excluding hydrogens is 480 g/mol. The molecule has 6 nitrogen and oxygen atoms in total. The molecule has 1 aromatic heterocycles. The second-order valence-electron chi connectivity index (χ2n) is 9.01. The second-order valence-corrected chi connectivity index (χ2v) is 9.01. The van der Waals surface area contributed by atoms with Crippen LogP contribution in [0.15, 0.2) is 90.0 Å². The van der Waals surface area contributed by atoms with Crippen molar-refractivity contribution in [3.8, 4) is 16.8 Å². The number of halogens is 1. The fourth-order valence-electron chi connectivity index (χ4n) is 4.82. The van der Waals surface area contributed by atoms with Crippen molar-refractivity contribution < 1.29 is 17.0 Å². The zero-order chi connectivity index (χ0) is 25.2. The molecule has 0 saturated carbocycles. The lowest BCUT2D eigenvalue weighted by atomic mass is 10.0. The smallest absolute Gasteiger partial charge is 0.267 e. The molecule has 4 aromatic carbocycles. The Kier molecular flexibility index (Phi) is 7.69. The zero-order valence-electron chi connectivity index (χ0n) is 21.6. The van der Waals surface area contributed by atoms with Crippen LogP contribution in [0.25, 0.3) is 38.9 Å². The van der Waals surface area contributed by atoms with Gasteiger partial charge in [-0.15, -0.1) is 9.68 Å². The fraction of sp³-hybridized carbons (Fsp3) is 0.200. The number of para-hydroxylation sites is 1. The first-order valence-corrected chi connectivity index (χ1v) is 12.3. The largest absolute Gasteiger partial charge is 1.00 e. The summed E-state index contributed by atoms with van der Waals surface area (Å²) >= 11 is 0. The van der Waals surface area contributed by atoms with Crippen LogP contribution in [-0.4, -0.2) is 32.2 Å². The molecule has 1 N–H and O–H groups in total. The van der Waals surface area contributed by atoms with E-state index >= 15 is 0 Å². The first-order valence-electron chi connectivity index (χ1n) is 12.3. The van der Waals surface area contributed by atoms with Crippen molar-refractivity contribution in [3.05, 3.63) is 84.9 Å². The molecule has 0 spiro atoms. The first-order chi connectivity index (χ1) is 17.5. The molecule has 0 saturated heterocycles. The van der Waals surface area contributed by atoms with Crippen molar-refractivity contribution in [2.75, 3.05) is 37.0 Å². The zero-order valence-corrected chi connectivity index (χ0v) is 22.4. The summed E-state index contributed by atoms with van der Waals surface area (Å²) < 4.78 is 2.20. The van der Waals surface area contributed by atoms with Gasteiger partial charge in [0.1, 0.15) is 11.0 Å². The van der Waals surface area contributed by atoms with E-state index in [4.69, 9.17) is 10.5 Å². The molecule has 7 heteroatoms. The summed E-state index contributed by atoms with van der Waals surface area (Å²) in [5.41, 5.74) is 17.7. The van der Waals surface area contributed by atoms with Crippen molar-refractivity contribution in [2.45, 2.75) is 13.8 Å². The summed E-state index contributed by atoms with van der Waals surface area (Å²) in [5.74, 6) is 0. The van der Waals surface area contributed by atoms with E-state index in [0.29, 0.717) is 5.69 Å². The third kappa shape index (κ3) is 4.72. The maximum absolute atomic E-state index is 8.16. The number of hydrogen-bond acceptors (Lipinski definition) is 5. The minimum atomic E-state index is 0. The van der Waals surface area contributed by atoms with Gasteiger partial charge in [0.05, 0.1) is 5.69 Å². The number of nitrogens with zero attached hydrogens (tertiary/aromatic N) is 5. The van der Waals surface area contributed by atoms with Gasteiger partial charge in [0.15, 0.2) is 5.69 Å². The van der Waals surface area contributed by atoms with Crippen LogP contribution in [0.5, 0.6) is 0 Å². The van der Waals surface area contributed by atoms with Gasteiger partial charge in [0.25, 0.3) is 5.52 Å². The molecule has 0 atom stereocenters. The molecule has 0 aliphatic rings. The van der Waals surface area contributed by atoms with Crippen LogP contribution in [0.3, 0.4) is 0 Å². The number of rotatable bonds is 7. The summed E-state index contributed by atoms with van der Waals surface area (Å²) in [4.78, 5) is 9.34. The van der Waals surface area contributed by atoms with Gasteiger partial charge in [0.2, 0.25) is 11.2 Å². The minimum absolute atomic E-state index is 0. The molecule has 0 radical (unpaired) electrons. The first kappa shape index (κ1) is 26.0. The van der Waals surface area contributed by atoms with Gasteiger partial charge in [-0.3, -0.25) is 0 Å². The van der Waals surface area contributed by atoms with E-state index in [2.05, 4.69) is 87.9 Å². The predicted molar refractivity (Wildman–Crippen MR) is 149 cm³/mol. The Bertz CT molecular complexity index is 1540. The van der Waals surface area contributed by atoms with Crippen LogP contribution < -0.4 is 26.8 Å². The predicted octanol–water partition coefficient (Wildman–Crippen LogP) is 3.91. The van der Waals surface area contributed by atoms with Crippen LogP contribution >= 0.6 is 0 Å². The normalized spacial score (nSPS) is 10.8. The molecule has 0 aliphatic heterocycles. The lowest BCUT2D eigenvalue weighted by Gasteiger charge is -2.22. The summed E-state index contributed by atoms with van der Waals surface area (Å²) in [6, 6.07) is 29.3. The van der Waals surface area contributed by atoms with E-state index in [9.17, 15) is 0 Å². The molecule has 0 fully saturated rings. The third-order valence-electron chi connectivity index (χ3n) is 6.74. The van der Waals surface area contributed by atoms with Crippen molar-refractivity contribution in [1.82, 2.24) is 4.98 Å². The van der Waals surface area contributed by atoms with Gasteiger partial charge in [-0.2, -0.15) is 0 Å². The number of hydrogen-bond donors (Lipinski definition) is 1. The molecule has 0 aliphatic carbocycles. The van der Waals surface area contributed by atoms with E-state index < -0.39 is 0 Å². The second kappa shape index (κ2) is 10.9. The van der Waals surface area contributed by atoms with Crippen molar-refractivity contribution in [3.63, 3.8) is 0 Å². The van der Waals surface area contributed by atoms with Crippen LogP contribution in [0.4, 0.5) is 17.1 Å². The van der Waals surface area contributed by atoms with Gasteiger partial charge in [-0.25, -0.2) is 10.5 Å². The Hall–Kier alpha value is -4.03. The highest BCUT2D eigenvalue weighted by molar-refractivity contribution is 5.95. The average molecular weight is 511 g/mol. The summed E-state index contributed by atoms with van der Waals surface area (Å²) in [5, 5.41) is 4.06. The number of aromatic nitrogens is 2. The summed E-state index contributed by atoms with van der Waals surface area (Å²) in [6.45, 7) is 5.92. The molecule has 1 heterocycles. The molecule has 0 amide bonds. The Morgan fingerprint density at radius 3 is 2.08 bits per heavy atom. The Morgan fingerprint density at radius 2 is 1.46 bits per heavy atom. The van der Waals surface area contributed by atoms with Crippen LogP contribution in [0.1, 0.15) is 13.8 Å².